The van der Waals surface area contributed by atoms with Gasteiger partial charge in [0.25, 0.3) is 0 Å². The fourth-order valence-electron chi connectivity index (χ4n) is 1.66. The van der Waals surface area contributed by atoms with Crippen molar-refractivity contribution in [1.82, 2.24) is 14.6 Å². The van der Waals surface area contributed by atoms with Crippen LogP contribution in [0.2, 0.25) is 0 Å². The van der Waals surface area contributed by atoms with Crippen LogP contribution >= 0.6 is 0 Å². The van der Waals surface area contributed by atoms with Crippen LogP contribution in [0.15, 0.2) is 23.2 Å². The summed E-state index contributed by atoms with van der Waals surface area (Å²) in [6, 6.07) is 2.98. The van der Waals surface area contributed by atoms with Crippen LogP contribution in [-0.2, 0) is 16.6 Å². The van der Waals surface area contributed by atoms with Crippen molar-refractivity contribution in [2.24, 2.45) is 5.73 Å². The monoisotopic (exact) mass is 286 g/mol. The molecule has 0 fully saturated rings. The highest BCUT2D eigenvalue weighted by atomic mass is 32.2. The number of nitrogens with one attached hydrogen (secondary N) is 1. The van der Waals surface area contributed by atoms with Gasteiger partial charge < -0.3 is 10.6 Å². The maximum absolute atomic E-state index is 12.2. The van der Waals surface area contributed by atoms with Crippen molar-refractivity contribution in [1.29, 1.82) is 0 Å². The first kappa shape index (κ1) is 16.0. The Bertz CT molecular complexity index is 502. The van der Waals surface area contributed by atoms with E-state index in [0.717, 1.165) is 13.0 Å². The quantitative estimate of drug-likeness (QED) is 0.745. The van der Waals surface area contributed by atoms with E-state index in [-0.39, 0.29) is 17.5 Å². The molecule has 0 bridgehead atoms. The Morgan fingerprint density at radius 3 is 2.74 bits per heavy atom. The Morgan fingerprint density at radius 1 is 1.47 bits per heavy atom. The van der Waals surface area contributed by atoms with Crippen LogP contribution in [-0.4, -0.2) is 45.0 Å². The number of nitrogens with zero attached hydrogens (tertiary/aromatic N) is 2. The Kier molecular flexibility index (Phi) is 5.86. The molecule has 7 heteroatoms. The molecule has 1 heterocycles. The lowest BCUT2D eigenvalue weighted by Crippen LogP contribution is -2.35. The summed E-state index contributed by atoms with van der Waals surface area (Å²) in [6.45, 7) is 2.77. The first-order valence-corrected chi connectivity index (χ1v) is 7.66. The molecule has 1 unspecified atom stereocenters. The van der Waals surface area contributed by atoms with E-state index < -0.39 is 10.0 Å². The van der Waals surface area contributed by atoms with Crippen molar-refractivity contribution in [2.45, 2.75) is 30.8 Å². The highest BCUT2D eigenvalue weighted by Crippen LogP contribution is 2.13. The van der Waals surface area contributed by atoms with Gasteiger partial charge in [0.15, 0.2) is 0 Å². The number of hydrogen-bond donors (Lipinski definition) is 2. The van der Waals surface area contributed by atoms with Gasteiger partial charge in [-0.05, 0) is 46.1 Å². The number of sulfonamides is 1. The van der Waals surface area contributed by atoms with Gasteiger partial charge in [0.1, 0.15) is 4.90 Å². The van der Waals surface area contributed by atoms with Gasteiger partial charge in [-0.25, -0.2) is 13.1 Å². The highest BCUT2D eigenvalue weighted by Gasteiger charge is 2.20. The van der Waals surface area contributed by atoms with E-state index in [2.05, 4.69) is 9.71 Å². The maximum Gasteiger partial charge on any atom is 0.242 e. The third-order valence-electron chi connectivity index (χ3n) is 2.70. The summed E-state index contributed by atoms with van der Waals surface area (Å²) in [6.07, 6.45) is 2.28. The SMILES string of the molecule is CC(CCN(C)C)NS(=O)(=O)c1cccnc1CN. The molecule has 0 aromatic carbocycles. The van der Waals surface area contributed by atoms with Crippen LogP contribution in [0.5, 0.6) is 0 Å². The third kappa shape index (κ3) is 4.87. The molecule has 0 aliphatic heterocycles. The van der Waals surface area contributed by atoms with Crippen LogP contribution in [0, 0.1) is 0 Å². The van der Waals surface area contributed by atoms with Gasteiger partial charge in [-0.3, -0.25) is 4.98 Å². The fraction of sp³-hybridized carbons (Fsp3) is 0.583. The number of nitrogens with two attached hydrogens (primary N) is 1. The maximum atomic E-state index is 12.2. The standard InChI is InChI=1S/C12H22N4O2S/c1-10(6-8-16(2)3)15-19(17,18)12-5-4-7-14-11(12)9-13/h4-5,7,10,15H,6,8-9,13H2,1-3H3. The first-order chi connectivity index (χ1) is 8.86. The van der Waals surface area contributed by atoms with Crippen molar-refractivity contribution < 1.29 is 8.42 Å². The van der Waals surface area contributed by atoms with Crippen LogP contribution in [0.1, 0.15) is 19.0 Å². The predicted molar refractivity (Wildman–Crippen MR) is 75.1 cm³/mol. The number of aromatic nitrogens is 1. The van der Waals surface area contributed by atoms with E-state index in [1.165, 1.54) is 12.3 Å². The molecule has 0 amide bonds. The second-order valence-corrected chi connectivity index (χ2v) is 6.45. The molecular weight excluding hydrogens is 264 g/mol. The number of pyridine rings is 1. The second kappa shape index (κ2) is 6.95. The molecule has 108 valence electrons. The number of rotatable bonds is 7. The van der Waals surface area contributed by atoms with E-state index in [1.807, 2.05) is 25.9 Å². The minimum atomic E-state index is -3.56. The molecule has 1 rings (SSSR count). The average molecular weight is 286 g/mol. The Balaban J connectivity index is 2.81. The lowest BCUT2D eigenvalue weighted by Gasteiger charge is -2.17. The molecular formula is C12H22N4O2S. The molecule has 1 atom stereocenters. The van der Waals surface area contributed by atoms with E-state index in [0.29, 0.717) is 5.69 Å². The smallest absolute Gasteiger partial charge is 0.242 e. The van der Waals surface area contributed by atoms with Crippen LogP contribution in [0.4, 0.5) is 0 Å². The Labute approximate surface area is 115 Å². The Hall–Kier alpha value is -1.02. The zero-order chi connectivity index (χ0) is 14.5. The van der Waals surface area contributed by atoms with E-state index >= 15 is 0 Å². The summed E-state index contributed by atoms with van der Waals surface area (Å²) >= 11 is 0. The summed E-state index contributed by atoms with van der Waals surface area (Å²) in [5.74, 6) is 0. The predicted octanol–water partition coefficient (Wildman–Crippen LogP) is 0.159. The first-order valence-electron chi connectivity index (χ1n) is 6.18. The molecule has 0 saturated heterocycles. The van der Waals surface area contributed by atoms with Crippen molar-refractivity contribution in [2.75, 3.05) is 20.6 Å². The third-order valence-corrected chi connectivity index (χ3v) is 4.36. The fourth-order valence-corrected chi connectivity index (χ4v) is 3.14. The molecule has 0 saturated carbocycles. The Morgan fingerprint density at radius 2 is 2.16 bits per heavy atom. The van der Waals surface area contributed by atoms with Gasteiger partial charge in [0.05, 0.1) is 5.69 Å². The molecule has 6 nitrogen and oxygen atoms in total. The van der Waals surface area contributed by atoms with E-state index in [1.54, 1.807) is 6.07 Å². The van der Waals surface area contributed by atoms with Gasteiger partial charge in [-0.2, -0.15) is 0 Å². The zero-order valence-corrected chi connectivity index (χ0v) is 12.4. The summed E-state index contributed by atoms with van der Waals surface area (Å²) in [5.41, 5.74) is 5.90. The zero-order valence-electron chi connectivity index (χ0n) is 11.6. The topological polar surface area (TPSA) is 88.3 Å². The van der Waals surface area contributed by atoms with Crippen LogP contribution < -0.4 is 10.5 Å². The van der Waals surface area contributed by atoms with Gasteiger partial charge >= 0.3 is 0 Å². The summed E-state index contributed by atoms with van der Waals surface area (Å²) in [5, 5.41) is 0. The summed E-state index contributed by atoms with van der Waals surface area (Å²) < 4.78 is 27.1. The minimum Gasteiger partial charge on any atom is -0.325 e. The molecule has 0 aliphatic carbocycles. The molecule has 0 spiro atoms. The second-order valence-electron chi connectivity index (χ2n) is 4.77. The van der Waals surface area contributed by atoms with E-state index in [9.17, 15) is 8.42 Å². The van der Waals surface area contributed by atoms with Gasteiger partial charge in [-0.1, -0.05) is 0 Å². The lowest BCUT2D eigenvalue weighted by molar-refractivity contribution is 0.379. The van der Waals surface area contributed by atoms with E-state index in [4.69, 9.17) is 5.73 Å². The van der Waals surface area contributed by atoms with Crippen molar-refractivity contribution in [3.05, 3.63) is 24.0 Å². The lowest BCUT2D eigenvalue weighted by atomic mass is 10.2. The van der Waals surface area contributed by atoms with Gasteiger partial charge in [0, 0.05) is 18.8 Å². The van der Waals surface area contributed by atoms with Gasteiger partial charge in [0.2, 0.25) is 10.0 Å². The van der Waals surface area contributed by atoms with Crippen LogP contribution in [0.25, 0.3) is 0 Å². The normalized spacial score (nSPS) is 13.7. The molecule has 0 aliphatic rings. The van der Waals surface area contributed by atoms with Crippen molar-refractivity contribution >= 4 is 10.0 Å². The number of hydrogen-bond acceptors (Lipinski definition) is 5. The molecule has 0 radical (unpaired) electrons. The molecule has 3 N–H and O–H groups in total. The molecule has 1 aromatic heterocycles. The van der Waals surface area contributed by atoms with Gasteiger partial charge in [-0.15, -0.1) is 0 Å². The molecule has 1 aromatic rings. The average Bonchev–Trinajstić information content (AvgIpc) is 2.35. The van der Waals surface area contributed by atoms with Crippen LogP contribution in [0.3, 0.4) is 0 Å². The molecule has 19 heavy (non-hydrogen) atoms. The highest BCUT2D eigenvalue weighted by molar-refractivity contribution is 7.89. The largest absolute Gasteiger partial charge is 0.325 e. The van der Waals surface area contributed by atoms with Crippen molar-refractivity contribution in [3.63, 3.8) is 0 Å². The van der Waals surface area contributed by atoms with Crippen molar-refractivity contribution in [3.8, 4) is 0 Å². The summed E-state index contributed by atoms with van der Waals surface area (Å²) in [7, 11) is 0.345. The summed E-state index contributed by atoms with van der Waals surface area (Å²) in [4.78, 5) is 6.17. The minimum absolute atomic E-state index is 0.100.